The number of aliphatic imine (C=N–C) groups is 1. The molecule has 2 heterocycles. The van der Waals surface area contributed by atoms with Crippen molar-refractivity contribution in [2.75, 3.05) is 0 Å². The molecular formula is C20H15N3O3S. The van der Waals surface area contributed by atoms with Crippen LogP contribution in [0.15, 0.2) is 58.5 Å². The number of rotatable bonds is 3. The van der Waals surface area contributed by atoms with E-state index in [-0.39, 0.29) is 11.4 Å². The molecule has 6 nitrogen and oxygen atoms in total. The molecule has 0 amide bonds. The van der Waals surface area contributed by atoms with Crippen molar-refractivity contribution in [1.29, 1.82) is 0 Å². The molecule has 0 atom stereocenters. The summed E-state index contributed by atoms with van der Waals surface area (Å²) in [5.41, 5.74) is 3.52. The van der Waals surface area contributed by atoms with Crippen LogP contribution in [0.4, 0.5) is 11.4 Å². The van der Waals surface area contributed by atoms with Crippen molar-refractivity contribution >= 4 is 46.5 Å². The van der Waals surface area contributed by atoms with Gasteiger partial charge in [-0.3, -0.25) is 9.56 Å². The van der Waals surface area contributed by atoms with Crippen LogP contribution in [0.5, 0.6) is 5.88 Å². The molecule has 2 aromatic carbocycles. The fraction of sp³-hybridized carbons (Fsp3) is 0.0500. The van der Waals surface area contributed by atoms with Crippen molar-refractivity contribution < 1.29 is 15.0 Å². The number of benzene rings is 2. The molecule has 2 N–H and O–H groups in total. The third kappa shape index (κ3) is 3.20. The molecule has 0 fully saturated rings. The van der Waals surface area contributed by atoms with Crippen molar-refractivity contribution in [1.82, 2.24) is 4.57 Å². The summed E-state index contributed by atoms with van der Waals surface area (Å²) in [5.74, 6) is -0.909. The summed E-state index contributed by atoms with van der Waals surface area (Å²) in [5, 5.41) is 19.6. The second kappa shape index (κ2) is 6.69. The minimum atomic E-state index is -1.00. The normalized spacial score (nSPS) is 14.7. The Morgan fingerprint density at radius 1 is 1.22 bits per heavy atom. The molecule has 7 heteroatoms. The lowest BCUT2D eigenvalue weighted by Gasteiger charge is -1.99. The number of thiazole rings is 1. The summed E-state index contributed by atoms with van der Waals surface area (Å²) in [6, 6.07) is 14.2. The van der Waals surface area contributed by atoms with E-state index in [9.17, 15) is 9.90 Å². The minimum absolute atomic E-state index is 0.0958. The second-order valence-electron chi connectivity index (χ2n) is 5.97. The van der Waals surface area contributed by atoms with Gasteiger partial charge >= 0.3 is 5.97 Å². The Bertz CT molecular complexity index is 1190. The van der Waals surface area contributed by atoms with E-state index in [2.05, 4.69) is 9.98 Å². The second-order valence-corrected chi connectivity index (χ2v) is 6.98. The first-order valence-corrected chi connectivity index (χ1v) is 8.96. The fourth-order valence-electron chi connectivity index (χ4n) is 2.77. The van der Waals surface area contributed by atoms with Gasteiger partial charge in [0, 0.05) is 24.4 Å². The Labute approximate surface area is 158 Å². The summed E-state index contributed by atoms with van der Waals surface area (Å²) in [6.45, 7) is 0. The Morgan fingerprint density at radius 3 is 2.85 bits per heavy atom. The first-order chi connectivity index (χ1) is 13.0. The molecule has 1 aliphatic heterocycles. The molecule has 0 saturated carbocycles. The average molecular weight is 377 g/mol. The number of allylic oxidation sites excluding steroid dienone is 1. The van der Waals surface area contributed by atoms with Crippen LogP contribution < -0.4 is 4.80 Å². The van der Waals surface area contributed by atoms with E-state index in [1.807, 2.05) is 30.3 Å². The number of aromatic carboxylic acids is 1. The van der Waals surface area contributed by atoms with Gasteiger partial charge in [-0.1, -0.05) is 35.6 Å². The lowest BCUT2D eigenvalue weighted by Crippen LogP contribution is -2.08. The SMILES string of the molecule is Cn1c(O)c(/C=C2/C=Nc3ccccc32)sc1=Nc1cccc(C(=O)O)c1. The van der Waals surface area contributed by atoms with Gasteiger partial charge in [-0.25, -0.2) is 9.79 Å². The Hall–Kier alpha value is -3.45. The third-order valence-electron chi connectivity index (χ3n) is 4.19. The monoisotopic (exact) mass is 377 g/mol. The molecule has 0 radical (unpaired) electrons. The van der Waals surface area contributed by atoms with E-state index < -0.39 is 5.97 Å². The van der Waals surface area contributed by atoms with Gasteiger partial charge in [0.25, 0.3) is 0 Å². The van der Waals surface area contributed by atoms with Gasteiger partial charge in [0.1, 0.15) is 0 Å². The zero-order chi connectivity index (χ0) is 19.0. The quantitative estimate of drug-likeness (QED) is 0.724. The lowest BCUT2D eigenvalue weighted by molar-refractivity contribution is 0.0697. The van der Waals surface area contributed by atoms with Gasteiger partial charge in [0.2, 0.25) is 5.88 Å². The molecule has 0 unspecified atom stereocenters. The van der Waals surface area contributed by atoms with E-state index >= 15 is 0 Å². The van der Waals surface area contributed by atoms with E-state index in [4.69, 9.17) is 5.11 Å². The maximum atomic E-state index is 11.1. The summed E-state index contributed by atoms with van der Waals surface area (Å²) in [7, 11) is 1.71. The van der Waals surface area contributed by atoms with Crippen molar-refractivity contribution in [3.8, 4) is 5.88 Å². The van der Waals surface area contributed by atoms with Gasteiger partial charge in [0.05, 0.1) is 21.8 Å². The van der Waals surface area contributed by atoms with Crippen LogP contribution in [-0.4, -0.2) is 27.0 Å². The Kier molecular flexibility index (Phi) is 4.21. The number of carbonyl (C=O) groups is 1. The summed E-state index contributed by atoms with van der Waals surface area (Å²) < 4.78 is 1.57. The standard InChI is InChI=1S/C20H15N3O3S/c1-23-18(24)17(10-13-11-21-16-8-3-2-7-15(13)16)27-20(23)22-14-6-4-5-12(9-14)19(25)26/h2-11,24H,1H3,(H,25,26)/b13-10-,22-20?. The predicted octanol–water partition coefficient (Wildman–Crippen LogP) is 3.98. The number of carboxylic acids is 1. The van der Waals surface area contributed by atoms with Crippen LogP contribution in [0.2, 0.25) is 0 Å². The van der Waals surface area contributed by atoms with E-state index in [1.54, 1.807) is 30.0 Å². The molecule has 0 spiro atoms. The zero-order valence-electron chi connectivity index (χ0n) is 14.3. The van der Waals surface area contributed by atoms with Crippen LogP contribution in [0, 0.1) is 0 Å². The van der Waals surface area contributed by atoms with E-state index in [1.165, 1.54) is 23.5 Å². The first kappa shape index (κ1) is 17.0. The third-order valence-corrected chi connectivity index (χ3v) is 5.26. The van der Waals surface area contributed by atoms with Crippen molar-refractivity contribution in [3.63, 3.8) is 0 Å². The highest BCUT2D eigenvalue weighted by Gasteiger charge is 2.14. The molecule has 27 heavy (non-hydrogen) atoms. The van der Waals surface area contributed by atoms with Gasteiger partial charge in [-0.05, 0) is 30.3 Å². The molecule has 1 aliphatic rings. The minimum Gasteiger partial charge on any atom is -0.493 e. The van der Waals surface area contributed by atoms with Gasteiger partial charge in [-0.15, -0.1) is 0 Å². The van der Waals surface area contributed by atoms with Crippen LogP contribution in [-0.2, 0) is 7.05 Å². The Morgan fingerprint density at radius 2 is 2.04 bits per heavy atom. The largest absolute Gasteiger partial charge is 0.493 e. The van der Waals surface area contributed by atoms with Crippen LogP contribution >= 0.6 is 11.3 Å². The van der Waals surface area contributed by atoms with Crippen LogP contribution in [0.25, 0.3) is 11.6 Å². The predicted molar refractivity (Wildman–Crippen MR) is 106 cm³/mol. The van der Waals surface area contributed by atoms with E-state index in [0.29, 0.717) is 15.4 Å². The fourth-order valence-corrected chi connectivity index (χ4v) is 3.76. The molecule has 0 saturated heterocycles. The highest BCUT2D eigenvalue weighted by atomic mass is 32.1. The highest BCUT2D eigenvalue weighted by molar-refractivity contribution is 7.10. The smallest absolute Gasteiger partial charge is 0.335 e. The van der Waals surface area contributed by atoms with Crippen molar-refractivity contribution in [2.24, 2.45) is 17.0 Å². The molecule has 0 aliphatic carbocycles. The summed E-state index contributed by atoms with van der Waals surface area (Å²) in [4.78, 5) is 21.2. The number of aromatic nitrogens is 1. The Balaban J connectivity index is 1.77. The first-order valence-electron chi connectivity index (χ1n) is 8.15. The number of hydrogen-bond donors (Lipinski definition) is 2. The maximum absolute atomic E-state index is 11.1. The van der Waals surface area contributed by atoms with Crippen LogP contribution in [0.3, 0.4) is 0 Å². The summed E-state index contributed by atoms with van der Waals surface area (Å²) in [6.07, 6.45) is 3.65. The number of hydrogen-bond acceptors (Lipinski definition) is 5. The van der Waals surface area contributed by atoms with Crippen molar-refractivity contribution in [3.05, 3.63) is 69.3 Å². The average Bonchev–Trinajstić information content (AvgIpc) is 3.19. The maximum Gasteiger partial charge on any atom is 0.335 e. The molecular weight excluding hydrogens is 362 g/mol. The number of carboxylic acid groups (broad SMARTS) is 1. The van der Waals surface area contributed by atoms with Gasteiger partial charge in [0.15, 0.2) is 4.80 Å². The topological polar surface area (TPSA) is 87.2 Å². The molecule has 0 bridgehead atoms. The molecule has 4 rings (SSSR count). The number of fused-ring (bicyclic) bond motifs is 1. The highest BCUT2D eigenvalue weighted by Crippen LogP contribution is 2.34. The lowest BCUT2D eigenvalue weighted by atomic mass is 10.1. The van der Waals surface area contributed by atoms with Gasteiger partial charge < -0.3 is 10.2 Å². The van der Waals surface area contributed by atoms with Crippen molar-refractivity contribution in [2.45, 2.75) is 0 Å². The molecule has 134 valence electrons. The zero-order valence-corrected chi connectivity index (χ0v) is 15.1. The molecule has 1 aromatic heterocycles. The van der Waals surface area contributed by atoms with Gasteiger partial charge in [-0.2, -0.15) is 0 Å². The summed E-state index contributed by atoms with van der Waals surface area (Å²) >= 11 is 1.32. The molecule has 3 aromatic rings. The van der Waals surface area contributed by atoms with Crippen LogP contribution in [0.1, 0.15) is 20.8 Å². The number of aromatic hydroxyl groups is 1. The number of nitrogens with zero attached hydrogens (tertiary/aromatic N) is 3. The number of para-hydroxylation sites is 1. The van der Waals surface area contributed by atoms with E-state index in [0.717, 1.165) is 16.8 Å².